The lowest BCUT2D eigenvalue weighted by Crippen LogP contribution is -2.48. The first-order valence-electron chi connectivity index (χ1n) is 9.79. The van der Waals surface area contributed by atoms with Crippen LogP contribution in [0.15, 0.2) is 39.8 Å². The van der Waals surface area contributed by atoms with Gasteiger partial charge in [0.05, 0.1) is 0 Å². The number of benzene rings is 1. The summed E-state index contributed by atoms with van der Waals surface area (Å²) in [7, 11) is -3.76. The normalized spacial score (nSPS) is 16.7. The van der Waals surface area contributed by atoms with Gasteiger partial charge in [0.2, 0.25) is 15.9 Å². The zero-order valence-corrected chi connectivity index (χ0v) is 18.1. The molecular formula is C20H26N4O5S. The van der Waals surface area contributed by atoms with Crippen molar-refractivity contribution in [3.05, 3.63) is 47.3 Å². The highest BCUT2D eigenvalue weighted by Crippen LogP contribution is 2.24. The lowest BCUT2D eigenvalue weighted by Gasteiger charge is -2.25. The van der Waals surface area contributed by atoms with Gasteiger partial charge in [-0.05, 0) is 39.3 Å². The van der Waals surface area contributed by atoms with Crippen molar-refractivity contribution in [2.45, 2.75) is 38.1 Å². The standard InChI is InChI=1S/C20H26N4O5S/c1-14-18(16(3)29-22-14)30(27,28)24-11-7-10-23(12-13-24)20(26)15(2)21-19(25)17-8-5-4-6-9-17/h4-6,8-9,15H,7,10-13H2,1-3H3,(H,21,25)/t15-/m0/s1. The van der Waals surface area contributed by atoms with Crippen molar-refractivity contribution in [1.82, 2.24) is 19.7 Å². The van der Waals surface area contributed by atoms with Crippen molar-refractivity contribution in [2.75, 3.05) is 26.2 Å². The van der Waals surface area contributed by atoms with Gasteiger partial charge in [0.25, 0.3) is 5.91 Å². The molecule has 1 N–H and O–H groups in total. The molecule has 0 saturated carbocycles. The predicted molar refractivity (Wildman–Crippen MR) is 109 cm³/mol. The van der Waals surface area contributed by atoms with Crippen molar-refractivity contribution in [3.63, 3.8) is 0 Å². The lowest BCUT2D eigenvalue weighted by atomic mass is 10.2. The molecule has 1 aliphatic heterocycles. The molecule has 1 saturated heterocycles. The molecule has 3 rings (SSSR count). The summed E-state index contributed by atoms with van der Waals surface area (Å²) in [6.45, 7) is 5.90. The Morgan fingerprint density at radius 2 is 1.80 bits per heavy atom. The third kappa shape index (κ3) is 4.54. The molecule has 1 atom stereocenters. The molecule has 0 aliphatic carbocycles. The predicted octanol–water partition coefficient (Wildman–Crippen LogP) is 1.33. The van der Waals surface area contributed by atoms with E-state index in [1.165, 1.54) is 4.31 Å². The number of aromatic nitrogens is 1. The van der Waals surface area contributed by atoms with Crippen LogP contribution in [-0.4, -0.2) is 66.8 Å². The highest BCUT2D eigenvalue weighted by Gasteiger charge is 2.33. The monoisotopic (exact) mass is 434 g/mol. The molecule has 2 heterocycles. The van der Waals surface area contributed by atoms with Gasteiger partial charge in [-0.25, -0.2) is 8.42 Å². The third-order valence-electron chi connectivity index (χ3n) is 5.09. The number of hydrogen-bond acceptors (Lipinski definition) is 6. The van der Waals surface area contributed by atoms with Crippen LogP contribution in [0.3, 0.4) is 0 Å². The van der Waals surface area contributed by atoms with Crippen LogP contribution in [0.25, 0.3) is 0 Å². The topological polar surface area (TPSA) is 113 Å². The summed E-state index contributed by atoms with van der Waals surface area (Å²) >= 11 is 0. The van der Waals surface area contributed by atoms with E-state index in [2.05, 4.69) is 10.5 Å². The van der Waals surface area contributed by atoms with Gasteiger partial charge in [-0.15, -0.1) is 0 Å². The number of aryl methyl sites for hydroxylation is 2. The van der Waals surface area contributed by atoms with Crippen molar-refractivity contribution in [2.24, 2.45) is 0 Å². The summed E-state index contributed by atoms with van der Waals surface area (Å²) in [6.07, 6.45) is 0.494. The van der Waals surface area contributed by atoms with E-state index in [1.807, 2.05) is 6.07 Å². The summed E-state index contributed by atoms with van der Waals surface area (Å²) in [5.74, 6) is -0.313. The molecule has 1 aromatic heterocycles. The minimum absolute atomic E-state index is 0.0887. The van der Waals surface area contributed by atoms with E-state index in [0.717, 1.165) is 0 Å². The maximum Gasteiger partial charge on any atom is 0.251 e. The fourth-order valence-corrected chi connectivity index (χ4v) is 5.29. The smallest absolute Gasteiger partial charge is 0.251 e. The van der Waals surface area contributed by atoms with Gasteiger partial charge in [0.1, 0.15) is 16.6 Å². The first-order chi connectivity index (χ1) is 14.2. The molecule has 0 spiro atoms. The Morgan fingerprint density at radius 3 is 2.43 bits per heavy atom. The van der Waals surface area contributed by atoms with E-state index in [1.54, 1.807) is 49.9 Å². The van der Waals surface area contributed by atoms with E-state index < -0.39 is 16.1 Å². The minimum atomic E-state index is -3.76. The van der Waals surface area contributed by atoms with Gasteiger partial charge in [-0.3, -0.25) is 9.59 Å². The van der Waals surface area contributed by atoms with E-state index in [9.17, 15) is 18.0 Å². The first kappa shape index (κ1) is 22.0. The molecular weight excluding hydrogens is 408 g/mol. The van der Waals surface area contributed by atoms with Crippen LogP contribution in [-0.2, 0) is 14.8 Å². The molecule has 30 heavy (non-hydrogen) atoms. The number of amides is 2. The van der Waals surface area contributed by atoms with Crippen molar-refractivity contribution < 1.29 is 22.5 Å². The van der Waals surface area contributed by atoms with Crippen LogP contribution in [0.4, 0.5) is 0 Å². The minimum Gasteiger partial charge on any atom is -0.360 e. The van der Waals surface area contributed by atoms with Crippen LogP contribution in [0.5, 0.6) is 0 Å². The molecule has 2 aromatic rings. The fraction of sp³-hybridized carbons (Fsp3) is 0.450. The molecule has 10 heteroatoms. The van der Waals surface area contributed by atoms with E-state index >= 15 is 0 Å². The molecule has 1 aliphatic rings. The van der Waals surface area contributed by atoms with E-state index in [0.29, 0.717) is 30.8 Å². The highest BCUT2D eigenvalue weighted by atomic mass is 32.2. The maximum atomic E-state index is 13.0. The lowest BCUT2D eigenvalue weighted by molar-refractivity contribution is -0.132. The number of sulfonamides is 1. The van der Waals surface area contributed by atoms with Crippen LogP contribution >= 0.6 is 0 Å². The summed E-state index contributed by atoms with van der Waals surface area (Å²) in [5, 5.41) is 6.44. The largest absolute Gasteiger partial charge is 0.360 e. The van der Waals surface area contributed by atoms with Gasteiger partial charge < -0.3 is 14.7 Å². The van der Waals surface area contributed by atoms with Crippen molar-refractivity contribution >= 4 is 21.8 Å². The zero-order valence-electron chi connectivity index (χ0n) is 17.3. The first-order valence-corrected chi connectivity index (χ1v) is 11.2. The second-order valence-electron chi connectivity index (χ2n) is 7.30. The van der Waals surface area contributed by atoms with Crippen molar-refractivity contribution in [1.29, 1.82) is 0 Å². The molecule has 0 radical (unpaired) electrons. The second kappa shape index (κ2) is 8.97. The summed E-state index contributed by atoms with van der Waals surface area (Å²) in [5.41, 5.74) is 0.798. The summed E-state index contributed by atoms with van der Waals surface area (Å²) in [6, 6.07) is 7.95. The average Bonchev–Trinajstić information content (AvgIpc) is 2.93. The van der Waals surface area contributed by atoms with Gasteiger partial charge in [0.15, 0.2) is 5.76 Å². The number of hydrogen-bond donors (Lipinski definition) is 1. The molecule has 1 fully saturated rings. The maximum absolute atomic E-state index is 13.0. The molecule has 9 nitrogen and oxygen atoms in total. The van der Waals surface area contributed by atoms with Crippen LogP contribution in [0, 0.1) is 13.8 Å². The summed E-state index contributed by atoms with van der Waals surface area (Å²) in [4.78, 5) is 26.8. The number of nitrogens with zero attached hydrogens (tertiary/aromatic N) is 3. The fourth-order valence-electron chi connectivity index (χ4n) is 3.53. The number of carbonyl (C=O) groups excluding carboxylic acids is 2. The number of carbonyl (C=O) groups is 2. The Morgan fingerprint density at radius 1 is 1.10 bits per heavy atom. The number of rotatable bonds is 5. The Labute approximate surface area is 176 Å². The third-order valence-corrected chi connectivity index (χ3v) is 7.23. The summed E-state index contributed by atoms with van der Waals surface area (Å²) < 4.78 is 32.4. The molecule has 2 amide bonds. The van der Waals surface area contributed by atoms with Crippen LogP contribution in [0.1, 0.15) is 35.2 Å². The van der Waals surface area contributed by atoms with E-state index in [-0.39, 0.29) is 35.6 Å². The number of nitrogens with one attached hydrogen (secondary N) is 1. The second-order valence-corrected chi connectivity index (χ2v) is 9.17. The molecule has 0 unspecified atom stereocenters. The van der Waals surface area contributed by atoms with Gasteiger partial charge in [-0.2, -0.15) is 4.31 Å². The quantitative estimate of drug-likeness (QED) is 0.760. The average molecular weight is 435 g/mol. The van der Waals surface area contributed by atoms with Crippen LogP contribution < -0.4 is 5.32 Å². The Balaban J connectivity index is 1.64. The van der Waals surface area contributed by atoms with Gasteiger partial charge in [0, 0.05) is 31.7 Å². The van der Waals surface area contributed by atoms with Crippen molar-refractivity contribution in [3.8, 4) is 0 Å². The molecule has 162 valence electrons. The van der Waals surface area contributed by atoms with Gasteiger partial charge in [-0.1, -0.05) is 23.4 Å². The Hall–Kier alpha value is -2.72. The molecule has 1 aromatic carbocycles. The SMILES string of the molecule is Cc1noc(C)c1S(=O)(=O)N1CCCN(C(=O)[C@H](C)NC(=O)c2ccccc2)CC1. The Kier molecular flexibility index (Phi) is 6.57. The molecule has 0 bridgehead atoms. The van der Waals surface area contributed by atoms with Gasteiger partial charge >= 0.3 is 0 Å². The Bertz CT molecular complexity index is 1000. The zero-order chi connectivity index (χ0) is 21.9. The highest BCUT2D eigenvalue weighted by molar-refractivity contribution is 7.89. The van der Waals surface area contributed by atoms with Crippen LogP contribution in [0.2, 0.25) is 0 Å². The van der Waals surface area contributed by atoms with E-state index in [4.69, 9.17) is 4.52 Å².